The van der Waals surface area contributed by atoms with Crippen molar-refractivity contribution in [3.05, 3.63) is 0 Å². The highest BCUT2D eigenvalue weighted by atomic mass is 16.2. The van der Waals surface area contributed by atoms with Crippen LogP contribution in [0.3, 0.4) is 0 Å². The molecule has 2 rings (SSSR count). The van der Waals surface area contributed by atoms with Gasteiger partial charge in [0.1, 0.15) is 0 Å². The molecule has 20 heavy (non-hydrogen) atoms. The molecule has 0 aromatic heterocycles. The van der Waals surface area contributed by atoms with Crippen molar-refractivity contribution in [2.75, 3.05) is 19.6 Å². The van der Waals surface area contributed by atoms with Gasteiger partial charge in [0, 0.05) is 18.6 Å². The Morgan fingerprint density at radius 3 is 2.40 bits per heavy atom. The first-order chi connectivity index (χ1) is 9.74. The zero-order chi connectivity index (χ0) is 14.2. The van der Waals surface area contributed by atoms with E-state index >= 15 is 0 Å². The molecule has 4 N–H and O–H groups in total. The van der Waals surface area contributed by atoms with Gasteiger partial charge in [0.2, 0.25) is 5.91 Å². The van der Waals surface area contributed by atoms with Crippen molar-refractivity contribution in [3.63, 3.8) is 0 Å². The number of nitrogens with one attached hydrogen (secondary N) is 4. The highest BCUT2D eigenvalue weighted by Gasteiger charge is 2.17. The Kier molecular flexibility index (Phi) is 6.11. The molecule has 0 radical (unpaired) electrons. The van der Waals surface area contributed by atoms with Gasteiger partial charge in [-0.15, -0.1) is 0 Å². The van der Waals surface area contributed by atoms with Gasteiger partial charge in [-0.3, -0.25) is 4.79 Å². The molecule has 1 aliphatic carbocycles. The fourth-order valence-electron chi connectivity index (χ4n) is 2.90. The number of carbonyl (C=O) groups is 2. The van der Waals surface area contributed by atoms with Crippen molar-refractivity contribution in [2.24, 2.45) is 0 Å². The Hall–Kier alpha value is -1.30. The van der Waals surface area contributed by atoms with E-state index in [4.69, 9.17) is 0 Å². The highest BCUT2D eigenvalue weighted by molar-refractivity contribution is 5.84. The molecule has 0 aromatic rings. The lowest BCUT2D eigenvalue weighted by Crippen LogP contribution is -2.50. The Bertz CT molecular complexity index is 291. The van der Waals surface area contributed by atoms with Crippen LogP contribution in [0.25, 0.3) is 0 Å². The first kappa shape index (κ1) is 15.1. The lowest BCUT2D eigenvalue weighted by Gasteiger charge is -2.24. The van der Waals surface area contributed by atoms with Crippen LogP contribution in [0.4, 0.5) is 4.79 Å². The Morgan fingerprint density at radius 2 is 1.70 bits per heavy atom. The van der Waals surface area contributed by atoms with Crippen molar-refractivity contribution < 1.29 is 9.59 Å². The third kappa shape index (κ3) is 5.36. The van der Waals surface area contributed by atoms with Crippen LogP contribution in [-0.4, -0.2) is 43.7 Å². The summed E-state index contributed by atoms with van der Waals surface area (Å²) in [6.07, 6.45) is 7.81. The normalized spacial score (nSPS) is 23.9. The quantitative estimate of drug-likeness (QED) is 0.605. The summed E-state index contributed by atoms with van der Waals surface area (Å²) < 4.78 is 0. The van der Waals surface area contributed by atoms with Gasteiger partial charge in [0.15, 0.2) is 0 Å². The molecule has 1 saturated carbocycles. The minimum atomic E-state index is -0.228. The fraction of sp³-hybridized carbons (Fsp3) is 0.857. The third-order valence-electron chi connectivity index (χ3n) is 4.01. The Balaban J connectivity index is 1.58. The topological polar surface area (TPSA) is 82.3 Å². The molecule has 3 amide bonds. The van der Waals surface area contributed by atoms with Crippen LogP contribution < -0.4 is 21.3 Å². The maximum atomic E-state index is 11.7. The van der Waals surface area contributed by atoms with E-state index in [-0.39, 0.29) is 30.6 Å². The van der Waals surface area contributed by atoms with E-state index in [1.54, 1.807) is 0 Å². The monoisotopic (exact) mass is 282 g/mol. The molecule has 0 aromatic carbocycles. The van der Waals surface area contributed by atoms with Crippen molar-refractivity contribution >= 4 is 11.9 Å². The van der Waals surface area contributed by atoms with E-state index in [9.17, 15) is 9.59 Å². The zero-order valence-electron chi connectivity index (χ0n) is 12.0. The molecule has 6 nitrogen and oxygen atoms in total. The van der Waals surface area contributed by atoms with Gasteiger partial charge < -0.3 is 21.3 Å². The number of hydrogen-bond acceptors (Lipinski definition) is 3. The number of carbonyl (C=O) groups excluding carboxylic acids is 2. The second-order valence-electron chi connectivity index (χ2n) is 5.77. The maximum Gasteiger partial charge on any atom is 0.315 e. The molecule has 1 aliphatic heterocycles. The molecule has 0 bridgehead atoms. The minimum Gasteiger partial charge on any atom is -0.351 e. The van der Waals surface area contributed by atoms with Crippen LogP contribution in [0, 0.1) is 0 Å². The van der Waals surface area contributed by atoms with Crippen LogP contribution >= 0.6 is 0 Å². The predicted molar refractivity (Wildman–Crippen MR) is 77.4 cm³/mol. The molecular formula is C14H26N4O2. The summed E-state index contributed by atoms with van der Waals surface area (Å²) in [5.41, 5.74) is 0. The van der Waals surface area contributed by atoms with Crippen LogP contribution in [0.15, 0.2) is 0 Å². The lowest BCUT2D eigenvalue weighted by atomic mass is 9.96. The molecule has 1 heterocycles. The molecule has 2 aliphatic rings. The summed E-state index contributed by atoms with van der Waals surface area (Å²) in [4.78, 5) is 23.4. The third-order valence-corrected chi connectivity index (χ3v) is 4.01. The summed E-state index contributed by atoms with van der Waals surface area (Å²) in [7, 11) is 0. The van der Waals surface area contributed by atoms with Crippen molar-refractivity contribution in [1.82, 2.24) is 21.3 Å². The van der Waals surface area contributed by atoms with Crippen LogP contribution in [0.1, 0.15) is 44.9 Å². The van der Waals surface area contributed by atoms with Gasteiger partial charge in [-0.05, 0) is 32.2 Å². The second kappa shape index (κ2) is 8.09. The molecule has 6 heteroatoms. The molecule has 0 spiro atoms. The van der Waals surface area contributed by atoms with Gasteiger partial charge >= 0.3 is 6.03 Å². The Labute approximate surface area is 120 Å². The number of hydrogen-bond donors (Lipinski definition) is 4. The van der Waals surface area contributed by atoms with Crippen LogP contribution in [-0.2, 0) is 4.79 Å². The average molecular weight is 282 g/mol. The smallest absolute Gasteiger partial charge is 0.315 e. The first-order valence-electron chi connectivity index (χ1n) is 7.78. The zero-order valence-corrected chi connectivity index (χ0v) is 12.0. The van der Waals surface area contributed by atoms with E-state index in [2.05, 4.69) is 21.3 Å². The number of urea groups is 1. The lowest BCUT2D eigenvalue weighted by molar-refractivity contribution is -0.120. The first-order valence-corrected chi connectivity index (χ1v) is 7.78. The molecular weight excluding hydrogens is 256 g/mol. The van der Waals surface area contributed by atoms with Gasteiger partial charge in [-0.1, -0.05) is 19.3 Å². The van der Waals surface area contributed by atoms with E-state index < -0.39 is 0 Å². The summed E-state index contributed by atoms with van der Waals surface area (Å²) in [5.74, 6) is -0.113. The van der Waals surface area contributed by atoms with Gasteiger partial charge in [-0.2, -0.15) is 0 Å². The van der Waals surface area contributed by atoms with Crippen molar-refractivity contribution in [2.45, 2.75) is 57.0 Å². The van der Waals surface area contributed by atoms with E-state index in [0.717, 1.165) is 38.8 Å². The summed E-state index contributed by atoms with van der Waals surface area (Å²) in [6, 6.07) is 0.239. The van der Waals surface area contributed by atoms with Crippen molar-refractivity contribution in [1.29, 1.82) is 0 Å². The Morgan fingerprint density at radius 1 is 0.950 bits per heavy atom. The van der Waals surface area contributed by atoms with E-state index in [1.165, 1.54) is 19.3 Å². The van der Waals surface area contributed by atoms with E-state index in [0.29, 0.717) is 0 Å². The molecule has 114 valence electrons. The molecule has 2 fully saturated rings. The second-order valence-corrected chi connectivity index (χ2v) is 5.77. The predicted octanol–water partition coefficient (Wildman–Crippen LogP) is 0.487. The van der Waals surface area contributed by atoms with Gasteiger partial charge in [0.05, 0.1) is 6.54 Å². The highest BCUT2D eigenvalue weighted by Crippen LogP contribution is 2.17. The number of piperidine rings is 1. The fourth-order valence-corrected chi connectivity index (χ4v) is 2.90. The summed E-state index contributed by atoms with van der Waals surface area (Å²) in [6.45, 7) is 1.89. The minimum absolute atomic E-state index is 0.0506. The average Bonchev–Trinajstić information content (AvgIpc) is 2.47. The SMILES string of the molecule is O=C(CNC(=O)NC1CCCCC1)N[C@H]1CCCNC1. The van der Waals surface area contributed by atoms with Gasteiger partial charge in [0.25, 0.3) is 0 Å². The van der Waals surface area contributed by atoms with Crippen LogP contribution in [0.2, 0.25) is 0 Å². The van der Waals surface area contributed by atoms with E-state index in [1.807, 2.05) is 0 Å². The summed E-state index contributed by atoms with van der Waals surface area (Å²) >= 11 is 0. The molecule has 1 atom stereocenters. The number of amides is 3. The van der Waals surface area contributed by atoms with Gasteiger partial charge in [-0.25, -0.2) is 4.79 Å². The number of rotatable bonds is 4. The van der Waals surface area contributed by atoms with Crippen molar-refractivity contribution in [3.8, 4) is 0 Å². The summed E-state index contributed by atoms with van der Waals surface area (Å²) in [5, 5.41) is 11.8. The molecule has 1 saturated heterocycles. The van der Waals surface area contributed by atoms with Crippen LogP contribution in [0.5, 0.6) is 0 Å². The maximum absolute atomic E-state index is 11.7. The standard InChI is InChI=1S/C14H26N4O2/c19-13(17-12-7-4-8-15-9-12)10-16-14(20)18-11-5-2-1-3-6-11/h11-12,15H,1-10H2,(H,17,19)(H2,16,18,20)/t12-/m0/s1. The largest absolute Gasteiger partial charge is 0.351 e. The molecule has 0 unspecified atom stereocenters.